The van der Waals surface area contributed by atoms with E-state index < -0.39 is 0 Å². The molecule has 42 heavy (non-hydrogen) atoms. The number of fused-ring (bicyclic) bond motifs is 3. The van der Waals surface area contributed by atoms with E-state index in [4.69, 9.17) is 13.8 Å². The minimum Gasteiger partial charge on any atom is -0.510 e. The SMILES string of the molecule is [2H]c1c(Oc2[c-]c3c(cc2)c2ccccc2n3-c2ncc(C(C)(C)C)s2)[c-]c(N2[CH-]N(C)C=C2c2ccccc2)c([2H])c1[2H].[Pt]. The van der Waals surface area contributed by atoms with Crippen LogP contribution in [-0.4, -0.2) is 21.5 Å². The van der Waals surface area contributed by atoms with Crippen molar-refractivity contribution < 1.29 is 29.9 Å². The van der Waals surface area contributed by atoms with Gasteiger partial charge in [0.15, 0.2) is 5.13 Å². The largest absolute Gasteiger partial charge is 0.510 e. The molecule has 7 rings (SSSR count). The molecule has 3 heterocycles. The molecule has 0 spiro atoms. The molecule has 1 aliphatic heterocycles. The summed E-state index contributed by atoms with van der Waals surface area (Å²) in [6.07, 6.45) is 3.89. The van der Waals surface area contributed by atoms with E-state index in [1.807, 2.05) is 90.5 Å². The first kappa shape index (κ1) is 24.7. The zero-order chi connectivity index (χ0) is 30.7. The minimum atomic E-state index is -0.239. The molecule has 0 radical (unpaired) electrons. The molecule has 214 valence electrons. The maximum atomic E-state index is 8.72. The average Bonchev–Trinajstić information content (AvgIpc) is 3.73. The number of nitrogens with zero attached hydrogens (tertiary/aromatic N) is 4. The fourth-order valence-electron chi connectivity index (χ4n) is 4.98. The minimum absolute atomic E-state index is 0. The van der Waals surface area contributed by atoms with Crippen molar-refractivity contribution in [2.45, 2.75) is 26.2 Å². The van der Waals surface area contributed by atoms with Gasteiger partial charge in [-0.1, -0.05) is 74.8 Å². The maximum Gasteiger partial charge on any atom is 0.192 e. The number of anilines is 1. The van der Waals surface area contributed by atoms with Gasteiger partial charge in [-0.05, 0) is 38.4 Å². The number of hydrogen-bond acceptors (Lipinski definition) is 5. The van der Waals surface area contributed by atoms with Crippen LogP contribution in [-0.2, 0) is 26.5 Å². The van der Waals surface area contributed by atoms with Gasteiger partial charge in [0.2, 0.25) is 0 Å². The van der Waals surface area contributed by atoms with Crippen molar-refractivity contribution in [3.05, 3.63) is 126 Å². The predicted molar refractivity (Wildman–Crippen MR) is 168 cm³/mol. The van der Waals surface area contributed by atoms with Crippen molar-refractivity contribution in [3.8, 4) is 16.6 Å². The third-order valence-corrected chi connectivity index (χ3v) is 8.38. The van der Waals surface area contributed by atoms with Gasteiger partial charge in [-0.15, -0.1) is 52.7 Å². The van der Waals surface area contributed by atoms with Crippen molar-refractivity contribution >= 4 is 44.5 Å². The monoisotopic (exact) mass is 751 g/mol. The van der Waals surface area contributed by atoms with Gasteiger partial charge in [-0.2, -0.15) is 18.8 Å². The molecule has 0 saturated heterocycles. The quantitative estimate of drug-likeness (QED) is 0.165. The molecule has 0 atom stereocenters. The molecule has 0 saturated carbocycles. The average molecular weight is 752 g/mol. The van der Waals surface area contributed by atoms with Gasteiger partial charge < -0.3 is 19.1 Å². The fourth-order valence-corrected chi connectivity index (χ4v) is 5.97. The van der Waals surface area contributed by atoms with Gasteiger partial charge in [0, 0.05) is 56.2 Å². The molecule has 0 aliphatic carbocycles. The number of hydrogen-bond donors (Lipinski definition) is 0. The normalized spacial score (nSPS) is 14.5. The molecule has 0 bridgehead atoms. The second-order valence-corrected chi connectivity index (χ2v) is 12.0. The summed E-state index contributed by atoms with van der Waals surface area (Å²) in [6.45, 7) is 8.36. The number of para-hydroxylation sites is 1. The Morgan fingerprint density at radius 1 is 0.929 bits per heavy atom. The van der Waals surface area contributed by atoms with Crippen LogP contribution in [0.4, 0.5) is 5.69 Å². The molecule has 2 aromatic heterocycles. The Hall–Kier alpha value is -3.86. The Morgan fingerprint density at radius 2 is 1.71 bits per heavy atom. The summed E-state index contributed by atoms with van der Waals surface area (Å²) in [5.74, 6) is 0.433. The number of benzene rings is 4. The van der Waals surface area contributed by atoms with Crippen molar-refractivity contribution in [2.75, 3.05) is 11.9 Å². The molecule has 0 fully saturated rings. The Morgan fingerprint density at radius 3 is 2.50 bits per heavy atom. The summed E-state index contributed by atoms with van der Waals surface area (Å²) in [5, 5.41) is 2.92. The molecule has 0 N–H and O–H groups in total. The topological polar surface area (TPSA) is 33.5 Å². The molecule has 0 amide bonds. The molecular weight excluding hydrogens is 720 g/mol. The molecule has 0 unspecified atom stereocenters. The molecular formula is C35H29N4OPtS-3. The first-order valence-electron chi connectivity index (χ1n) is 14.9. The van der Waals surface area contributed by atoms with Crippen molar-refractivity contribution in [3.63, 3.8) is 0 Å². The third-order valence-electron chi connectivity index (χ3n) is 6.98. The van der Waals surface area contributed by atoms with Crippen molar-refractivity contribution in [1.82, 2.24) is 14.5 Å². The smallest absolute Gasteiger partial charge is 0.192 e. The van der Waals surface area contributed by atoms with Crippen molar-refractivity contribution in [1.29, 1.82) is 0 Å². The fraction of sp³-hybridized carbons (Fsp3) is 0.143. The summed E-state index contributed by atoms with van der Waals surface area (Å²) in [4.78, 5) is 9.66. The van der Waals surface area contributed by atoms with E-state index in [-0.39, 0.29) is 50.4 Å². The van der Waals surface area contributed by atoms with Crippen LogP contribution in [0.5, 0.6) is 11.5 Å². The number of thiazole rings is 1. The second kappa shape index (κ2) is 11.1. The van der Waals surface area contributed by atoms with Crippen LogP contribution < -0.4 is 9.64 Å². The van der Waals surface area contributed by atoms with Gasteiger partial charge in [-0.3, -0.25) is 0 Å². The van der Waals surface area contributed by atoms with Gasteiger partial charge in [0.1, 0.15) is 0 Å². The van der Waals surface area contributed by atoms with Gasteiger partial charge in [-0.25, -0.2) is 4.98 Å². The Bertz CT molecular complexity index is 2080. The van der Waals surface area contributed by atoms with E-state index in [9.17, 15) is 0 Å². The standard InChI is InChI=1S/C35H29N4OS.Pt/c1-35(2,3)33-21-36-34(41-33)39-30-16-9-8-15-28(30)29-18-17-27(20-31(29)39)40-26-14-10-13-25(19-26)38-23-37(4)22-32(38)24-11-6-5-7-12-24;/h5-18,21-23H,1-4H3;/q-3;/i10D,13D,14D;. The zero-order valence-electron chi connectivity index (χ0n) is 26.5. The van der Waals surface area contributed by atoms with E-state index in [1.165, 1.54) is 4.88 Å². The second-order valence-electron chi connectivity index (χ2n) is 11.0. The van der Waals surface area contributed by atoms with Crippen LogP contribution in [0.1, 0.15) is 35.3 Å². The Balaban J connectivity index is 0.00000357. The molecule has 6 aromatic rings. The van der Waals surface area contributed by atoms with E-state index in [0.29, 0.717) is 11.4 Å². The summed E-state index contributed by atoms with van der Waals surface area (Å²) >= 11 is 1.65. The van der Waals surface area contributed by atoms with E-state index >= 15 is 0 Å². The third kappa shape index (κ3) is 5.14. The molecule has 4 aromatic carbocycles. The summed E-state index contributed by atoms with van der Waals surface area (Å²) in [7, 11) is 1.90. The van der Waals surface area contributed by atoms with Crippen molar-refractivity contribution in [2.24, 2.45) is 0 Å². The summed E-state index contributed by atoms with van der Waals surface area (Å²) < 4.78 is 34.3. The number of aromatic nitrogens is 2. The van der Waals surface area contributed by atoms with Gasteiger partial charge in [0.25, 0.3) is 0 Å². The number of rotatable bonds is 5. The molecule has 1 aliphatic rings. The zero-order valence-corrected chi connectivity index (χ0v) is 26.6. The van der Waals surface area contributed by atoms with Crippen LogP contribution in [0.3, 0.4) is 0 Å². The molecule has 7 heteroatoms. The van der Waals surface area contributed by atoms with E-state index in [0.717, 1.165) is 38.2 Å². The Labute approximate surface area is 269 Å². The first-order valence-corrected chi connectivity index (χ1v) is 14.2. The summed E-state index contributed by atoms with van der Waals surface area (Å²) in [5.41, 5.74) is 3.90. The summed E-state index contributed by atoms with van der Waals surface area (Å²) in [6, 6.07) is 27.9. The number of ether oxygens (including phenoxy) is 1. The predicted octanol–water partition coefficient (Wildman–Crippen LogP) is 8.80. The van der Waals surface area contributed by atoms with Crippen LogP contribution in [0.15, 0.2) is 97.3 Å². The Kier molecular flexibility index (Phi) is 6.52. The van der Waals surface area contributed by atoms with Gasteiger partial charge >= 0.3 is 0 Å². The van der Waals surface area contributed by atoms with Gasteiger partial charge in [0.05, 0.1) is 0 Å². The van der Waals surface area contributed by atoms with E-state index in [2.05, 4.69) is 49.6 Å². The molecule has 5 nitrogen and oxygen atoms in total. The van der Waals surface area contributed by atoms with Crippen LogP contribution >= 0.6 is 11.3 Å². The van der Waals surface area contributed by atoms with Crippen LogP contribution in [0.25, 0.3) is 32.6 Å². The first-order chi connectivity index (χ1) is 21.1. The van der Waals surface area contributed by atoms with Crippen LogP contribution in [0.2, 0.25) is 0 Å². The van der Waals surface area contributed by atoms with Crippen LogP contribution in [0, 0.1) is 18.8 Å². The maximum absolute atomic E-state index is 8.72. The van der Waals surface area contributed by atoms with E-state index in [1.54, 1.807) is 11.3 Å².